The quantitative estimate of drug-likeness (QED) is 0.679. The molecule has 0 saturated heterocycles. The van der Waals surface area contributed by atoms with Gasteiger partial charge in [0, 0.05) is 0 Å². The van der Waals surface area contributed by atoms with Crippen molar-refractivity contribution in [2.45, 2.75) is 6.92 Å². The highest BCUT2D eigenvalue weighted by Crippen LogP contribution is 2.16. The van der Waals surface area contributed by atoms with Gasteiger partial charge >= 0.3 is 0 Å². The molecular formula is C10H7F2NO. The van der Waals surface area contributed by atoms with E-state index in [1.54, 1.807) is 6.07 Å². The summed E-state index contributed by atoms with van der Waals surface area (Å²) in [6.45, 7) is 1.30. The van der Waals surface area contributed by atoms with Crippen LogP contribution in [0.2, 0.25) is 0 Å². The Bertz CT molecular complexity index is 389. The van der Waals surface area contributed by atoms with Gasteiger partial charge in [0.15, 0.2) is 5.78 Å². The van der Waals surface area contributed by atoms with E-state index in [1.165, 1.54) is 13.0 Å². The summed E-state index contributed by atoms with van der Waals surface area (Å²) in [5.41, 5.74) is -0.637. The highest BCUT2D eigenvalue weighted by atomic mass is 19.1. The summed E-state index contributed by atoms with van der Waals surface area (Å²) >= 11 is 0. The second-order valence-corrected chi connectivity index (χ2v) is 2.81. The lowest BCUT2D eigenvalue weighted by molar-refractivity contribution is 0.0948. The Labute approximate surface area is 79.8 Å². The maximum absolute atomic E-state index is 13.0. The van der Waals surface area contributed by atoms with E-state index in [1.807, 2.05) is 0 Å². The smallest absolute Gasteiger partial charge is 0.185 e. The summed E-state index contributed by atoms with van der Waals surface area (Å²) in [6, 6.07) is 4.77. The zero-order chi connectivity index (χ0) is 10.7. The number of benzene rings is 1. The molecule has 1 aromatic rings. The topological polar surface area (TPSA) is 40.9 Å². The van der Waals surface area contributed by atoms with Crippen LogP contribution < -0.4 is 0 Å². The first-order valence-electron chi connectivity index (χ1n) is 3.95. The van der Waals surface area contributed by atoms with Crippen molar-refractivity contribution in [3.8, 4) is 6.07 Å². The molecule has 0 heterocycles. The van der Waals surface area contributed by atoms with Crippen molar-refractivity contribution in [1.82, 2.24) is 0 Å². The number of carbonyl (C=O) groups excluding carboxylic acids is 1. The highest BCUT2D eigenvalue weighted by molar-refractivity contribution is 5.99. The molecule has 0 bridgehead atoms. The fraction of sp³-hybridized carbons (Fsp3) is 0.200. The predicted octanol–water partition coefficient (Wildman–Crippen LogP) is 2.31. The van der Waals surface area contributed by atoms with Crippen LogP contribution in [-0.4, -0.2) is 5.78 Å². The van der Waals surface area contributed by atoms with Crippen LogP contribution >= 0.6 is 0 Å². The number of rotatable bonds is 2. The minimum absolute atomic E-state index is 0.637. The van der Waals surface area contributed by atoms with Crippen LogP contribution in [0.1, 0.15) is 17.3 Å². The van der Waals surface area contributed by atoms with Crippen molar-refractivity contribution in [2.75, 3.05) is 0 Å². The second-order valence-electron chi connectivity index (χ2n) is 2.81. The largest absolute Gasteiger partial charge is 0.292 e. The highest BCUT2D eigenvalue weighted by Gasteiger charge is 2.21. The first-order valence-corrected chi connectivity index (χ1v) is 3.95. The number of halogens is 2. The molecule has 0 aromatic heterocycles. The molecule has 1 rings (SSSR count). The molecule has 0 amide bonds. The molecule has 4 heteroatoms. The number of carbonyl (C=O) groups is 1. The number of nitrogens with zero attached hydrogens (tertiary/aromatic N) is 1. The summed E-state index contributed by atoms with van der Waals surface area (Å²) in [6.07, 6.45) is 0. The molecular weight excluding hydrogens is 188 g/mol. The lowest BCUT2D eigenvalue weighted by Crippen LogP contribution is -2.13. The molecule has 14 heavy (non-hydrogen) atoms. The Morgan fingerprint density at radius 1 is 1.43 bits per heavy atom. The number of ketones is 1. The third kappa shape index (κ3) is 1.77. The molecule has 0 aliphatic carbocycles. The first kappa shape index (κ1) is 10.3. The van der Waals surface area contributed by atoms with E-state index in [9.17, 15) is 13.6 Å². The number of hydrogen-bond donors (Lipinski definition) is 0. The van der Waals surface area contributed by atoms with Gasteiger partial charge in [-0.1, -0.05) is 6.07 Å². The van der Waals surface area contributed by atoms with Crippen molar-refractivity contribution in [3.63, 3.8) is 0 Å². The number of nitriles is 1. The molecule has 72 valence electrons. The minimum atomic E-state index is -1.04. The molecule has 2 nitrogen and oxygen atoms in total. The van der Waals surface area contributed by atoms with Crippen LogP contribution in [-0.2, 0) is 0 Å². The van der Waals surface area contributed by atoms with E-state index in [0.29, 0.717) is 0 Å². The maximum Gasteiger partial charge on any atom is 0.185 e. The van der Waals surface area contributed by atoms with Crippen molar-refractivity contribution in [3.05, 3.63) is 35.4 Å². The summed E-state index contributed by atoms with van der Waals surface area (Å²) in [7, 11) is 0. The molecule has 0 fully saturated rings. The normalized spacial score (nSPS) is 11.9. The Hall–Kier alpha value is -1.76. The Kier molecular flexibility index (Phi) is 2.92. The van der Waals surface area contributed by atoms with Gasteiger partial charge in [0.2, 0.25) is 0 Å². The van der Waals surface area contributed by atoms with Crippen molar-refractivity contribution in [2.24, 2.45) is 5.92 Å². The van der Waals surface area contributed by atoms with Gasteiger partial charge in [-0.15, -0.1) is 0 Å². The molecule has 0 spiro atoms. The fourth-order valence-electron chi connectivity index (χ4n) is 1.01. The molecule has 0 radical (unpaired) electrons. The maximum atomic E-state index is 13.0. The van der Waals surface area contributed by atoms with Crippen LogP contribution in [0, 0.1) is 28.9 Å². The zero-order valence-electron chi connectivity index (χ0n) is 7.42. The summed E-state index contributed by atoms with van der Waals surface area (Å²) in [5, 5.41) is 8.43. The van der Waals surface area contributed by atoms with E-state index in [4.69, 9.17) is 5.26 Å². The van der Waals surface area contributed by atoms with Crippen LogP contribution in [0.25, 0.3) is 0 Å². The average molecular weight is 195 g/mol. The van der Waals surface area contributed by atoms with Crippen molar-refractivity contribution in [1.29, 1.82) is 5.26 Å². The van der Waals surface area contributed by atoms with Gasteiger partial charge in [-0.2, -0.15) is 5.26 Å². The van der Waals surface area contributed by atoms with Crippen LogP contribution in [0.5, 0.6) is 0 Å². The van der Waals surface area contributed by atoms with Crippen LogP contribution in [0.15, 0.2) is 18.2 Å². The van der Waals surface area contributed by atoms with Crippen molar-refractivity contribution >= 4 is 5.78 Å². The van der Waals surface area contributed by atoms with Crippen LogP contribution in [0.3, 0.4) is 0 Å². The molecule has 1 unspecified atom stereocenters. The van der Waals surface area contributed by atoms with Gasteiger partial charge in [-0.3, -0.25) is 4.79 Å². The van der Waals surface area contributed by atoms with Gasteiger partial charge in [-0.05, 0) is 19.1 Å². The Balaban J connectivity index is 3.20. The third-order valence-corrected chi connectivity index (χ3v) is 1.80. The summed E-state index contributed by atoms with van der Waals surface area (Å²) in [4.78, 5) is 11.3. The van der Waals surface area contributed by atoms with E-state index < -0.39 is 28.9 Å². The summed E-state index contributed by atoms with van der Waals surface area (Å²) in [5.74, 6) is -3.74. The number of hydrogen-bond acceptors (Lipinski definition) is 2. The van der Waals surface area contributed by atoms with Crippen LogP contribution in [0.4, 0.5) is 8.78 Å². The molecule has 0 saturated carbocycles. The average Bonchev–Trinajstić information content (AvgIpc) is 2.16. The van der Waals surface area contributed by atoms with Gasteiger partial charge < -0.3 is 0 Å². The first-order chi connectivity index (χ1) is 6.57. The lowest BCUT2D eigenvalue weighted by Gasteiger charge is -2.04. The zero-order valence-corrected chi connectivity index (χ0v) is 7.42. The third-order valence-electron chi connectivity index (χ3n) is 1.80. The SMILES string of the molecule is CC(C#N)C(=O)c1c(F)cccc1F. The van der Waals surface area contributed by atoms with E-state index in [-0.39, 0.29) is 0 Å². The van der Waals surface area contributed by atoms with Gasteiger partial charge in [0.05, 0.1) is 11.6 Å². The lowest BCUT2D eigenvalue weighted by atomic mass is 10.00. The molecule has 1 aromatic carbocycles. The molecule has 1 atom stereocenters. The summed E-state index contributed by atoms with van der Waals surface area (Å²) < 4.78 is 26.1. The Morgan fingerprint density at radius 3 is 2.36 bits per heavy atom. The Morgan fingerprint density at radius 2 is 1.93 bits per heavy atom. The van der Waals surface area contributed by atoms with Crippen molar-refractivity contribution < 1.29 is 13.6 Å². The second kappa shape index (κ2) is 3.97. The van der Waals surface area contributed by atoms with Gasteiger partial charge in [0.1, 0.15) is 17.6 Å². The van der Waals surface area contributed by atoms with Gasteiger partial charge in [0.25, 0.3) is 0 Å². The van der Waals surface area contributed by atoms with E-state index >= 15 is 0 Å². The predicted molar refractivity (Wildman–Crippen MR) is 45.5 cm³/mol. The van der Waals surface area contributed by atoms with E-state index in [0.717, 1.165) is 12.1 Å². The molecule has 0 aliphatic rings. The molecule has 0 aliphatic heterocycles. The monoisotopic (exact) mass is 195 g/mol. The fourth-order valence-corrected chi connectivity index (χ4v) is 1.01. The van der Waals surface area contributed by atoms with E-state index in [2.05, 4.69) is 0 Å². The standard InChI is InChI=1S/C10H7F2NO/c1-6(5-13)10(14)9-7(11)3-2-4-8(9)12/h2-4,6H,1H3. The molecule has 0 N–H and O–H groups in total. The van der Waals surface area contributed by atoms with Gasteiger partial charge in [-0.25, -0.2) is 8.78 Å². The minimum Gasteiger partial charge on any atom is -0.292 e. The number of Topliss-reactive ketones (excluding diaryl/α,β-unsaturated/α-hetero) is 1.